The summed E-state index contributed by atoms with van der Waals surface area (Å²) >= 11 is 5.41. The van der Waals surface area contributed by atoms with Crippen molar-refractivity contribution in [1.29, 1.82) is 5.26 Å². The van der Waals surface area contributed by atoms with E-state index in [1.165, 1.54) is 6.08 Å². The predicted octanol–water partition coefficient (Wildman–Crippen LogP) is 3.44. The molecule has 0 saturated carbocycles. The lowest BCUT2D eigenvalue weighted by Gasteiger charge is -2.24. The maximum Gasteiger partial charge on any atom is 0.348 e. The molecule has 4 nitrogen and oxygen atoms in total. The van der Waals surface area contributed by atoms with Crippen molar-refractivity contribution in [1.82, 2.24) is 4.57 Å². The first kappa shape index (κ1) is 16.1. The van der Waals surface area contributed by atoms with Gasteiger partial charge in [-0.2, -0.15) is 5.26 Å². The number of hydrogen-bond acceptors (Lipinski definition) is 4. The number of rotatable bonds is 3. The fourth-order valence-corrected chi connectivity index (χ4v) is 2.11. The van der Waals surface area contributed by atoms with Crippen LogP contribution in [-0.4, -0.2) is 17.1 Å². The lowest BCUT2D eigenvalue weighted by atomic mass is 10.1. The maximum absolute atomic E-state index is 11.6. The van der Waals surface area contributed by atoms with E-state index in [0.717, 1.165) is 0 Å². The van der Waals surface area contributed by atoms with Gasteiger partial charge in [-0.25, -0.2) is 4.79 Å². The minimum Gasteiger partial charge on any atom is -0.462 e. The highest BCUT2D eigenvalue weighted by Gasteiger charge is 2.15. The van der Waals surface area contributed by atoms with E-state index in [4.69, 9.17) is 22.2 Å². The summed E-state index contributed by atoms with van der Waals surface area (Å²) in [5, 5.41) is 9.04. The van der Waals surface area contributed by atoms with Gasteiger partial charge in [0.1, 0.15) is 16.3 Å². The summed E-state index contributed by atoms with van der Waals surface area (Å²) in [7, 11) is 0. The Kier molecular flexibility index (Phi) is 5.23. The Hall–Kier alpha value is -1.93. The summed E-state index contributed by atoms with van der Waals surface area (Å²) in [6.07, 6.45) is 3.36. The van der Waals surface area contributed by atoms with E-state index in [1.54, 1.807) is 13.0 Å². The molecule has 0 bridgehead atoms. The topological polar surface area (TPSA) is 55.0 Å². The van der Waals surface area contributed by atoms with Crippen LogP contribution in [0.5, 0.6) is 0 Å². The SMILES string of the molecule is CCOC(=O)C(C#N)=Cc1cccn(C(C)(C)C)c1=S. The van der Waals surface area contributed by atoms with Gasteiger partial charge >= 0.3 is 5.97 Å². The third-order valence-corrected chi connectivity index (χ3v) is 3.05. The lowest BCUT2D eigenvalue weighted by molar-refractivity contribution is -0.137. The smallest absolute Gasteiger partial charge is 0.348 e. The molecule has 0 aromatic carbocycles. The molecule has 0 unspecified atom stereocenters. The van der Waals surface area contributed by atoms with Crippen molar-refractivity contribution >= 4 is 24.3 Å². The number of aromatic nitrogens is 1. The average Bonchev–Trinajstić information content (AvgIpc) is 2.36. The molecule has 0 saturated heterocycles. The van der Waals surface area contributed by atoms with Gasteiger partial charge in [0, 0.05) is 17.3 Å². The second kappa shape index (κ2) is 6.49. The summed E-state index contributed by atoms with van der Waals surface area (Å²) in [4.78, 5) is 11.6. The molecule has 0 spiro atoms. The van der Waals surface area contributed by atoms with Crippen molar-refractivity contribution in [2.75, 3.05) is 6.61 Å². The first-order chi connectivity index (χ1) is 9.31. The Morgan fingerprint density at radius 2 is 2.20 bits per heavy atom. The average molecular weight is 290 g/mol. The van der Waals surface area contributed by atoms with Crippen LogP contribution in [-0.2, 0) is 15.1 Å². The summed E-state index contributed by atoms with van der Waals surface area (Å²) in [5.74, 6) is -0.629. The molecule has 20 heavy (non-hydrogen) atoms. The molecular formula is C15H18N2O2S. The number of esters is 1. The van der Waals surface area contributed by atoms with Crippen molar-refractivity contribution in [3.05, 3.63) is 34.1 Å². The molecule has 0 fully saturated rings. The quantitative estimate of drug-likeness (QED) is 0.370. The van der Waals surface area contributed by atoms with Crippen LogP contribution >= 0.6 is 12.2 Å². The maximum atomic E-state index is 11.6. The Morgan fingerprint density at radius 3 is 2.70 bits per heavy atom. The van der Waals surface area contributed by atoms with Crippen molar-refractivity contribution in [3.63, 3.8) is 0 Å². The number of nitrogens with zero attached hydrogens (tertiary/aromatic N) is 2. The number of carbonyl (C=O) groups excluding carboxylic acids is 1. The molecule has 1 rings (SSSR count). The van der Waals surface area contributed by atoms with Gasteiger partial charge in [0.05, 0.1) is 6.61 Å². The zero-order valence-electron chi connectivity index (χ0n) is 12.1. The van der Waals surface area contributed by atoms with Crippen molar-refractivity contribution in [2.24, 2.45) is 0 Å². The molecule has 0 aliphatic carbocycles. The van der Waals surface area contributed by atoms with Crippen LogP contribution in [0.25, 0.3) is 6.08 Å². The molecule has 0 atom stereocenters. The summed E-state index contributed by atoms with van der Waals surface area (Å²) < 4.78 is 7.34. The zero-order chi connectivity index (χ0) is 15.3. The Labute approximate surface area is 124 Å². The van der Waals surface area contributed by atoms with Gasteiger partial charge in [-0.15, -0.1) is 0 Å². The predicted molar refractivity (Wildman–Crippen MR) is 80.5 cm³/mol. The monoisotopic (exact) mass is 290 g/mol. The second-order valence-electron chi connectivity index (χ2n) is 5.20. The molecule has 0 amide bonds. The minimum absolute atomic E-state index is 0.0513. The van der Waals surface area contributed by atoms with Crippen LogP contribution in [0.1, 0.15) is 33.3 Å². The normalized spacial score (nSPS) is 11.8. The Balaban J connectivity index is 3.32. The number of carbonyl (C=O) groups is 1. The minimum atomic E-state index is -0.629. The molecule has 1 aromatic heterocycles. The molecule has 0 radical (unpaired) electrons. The van der Waals surface area contributed by atoms with Crippen LogP contribution in [0.15, 0.2) is 23.9 Å². The summed E-state index contributed by atoms with van der Waals surface area (Å²) in [6, 6.07) is 5.47. The van der Waals surface area contributed by atoms with Gasteiger partial charge in [-0.05, 0) is 39.8 Å². The number of ether oxygens (including phenoxy) is 1. The van der Waals surface area contributed by atoms with Gasteiger partial charge in [0.15, 0.2) is 0 Å². The molecule has 1 aromatic rings. The van der Waals surface area contributed by atoms with Gasteiger partial charge in [-0.3, -0.25) is 0 Å². The highest BCUT2D eigenvalue weighted by atomic mass is 32.1. The van der Waals surface area contributed by atoms with Crippen LogP contribution in [0.4, 0.5) is 0 Å². The molecular weight excluding hydrogens is 272 g/mol. The third kappa shape index (κ3) is 3.78. The lowest BCUT2D eigenvalue weighted by Crippen LogP contribution is -2.22. The molecule has 0 aliphatic heterocycles. The standard InChI is InChI=1S/C15H18N2O2S/c1-5-19-14(18)12(10-16)9-11-7-6-8-17(13(11)20)15(2,3)4/h6-9H,5H2,1-4H3. The van der Waals surface area contributed by atoms with E-state index in [1.807, 2.05) is 43.7 Å². The van der Waals surface area contributed by atoms with Gasteiger partial charge in [0.25, 0.3) is 0 Å². The van der Waals surface area contributed by atoms with Gasteiger partial charge in [-0.1, -0.05) is 18.3 Å². The fourth-order valence-electron chi connectivity index (χ4n) is 1.65. The van der Waals surface area contributed by atoms with Crippen molar-refractivity contribution in [3.8, 4) is 6.07 Å². The zero-order valence-corrected chi connectivity index (χ0v) is 13.0. The van der Waals surface area contributed by atoms with E-state index in [-0.39, 0.29) is 17.7 Å². The highest BCUT2D eigenvalue weighted by molar-refractivity contribution is 7.71. The molecule has 106 valence electrons. The number of nitriles is 1. The number of hydrogen-bond donors (Lipinski definition) is 0. The van der Waals surface area contributed by atoms with Gasteiger partial charge in [0.2, 0.25) is 0 Å². The van der Waals surface area contributed by atoms with Crippen molar-refractivity contribution < 1.29 is 9.53 Å². The van der Waals surface area contributed by atoms with E-state index in [2.05, 4.69) is 0 Å². The first-order valence-electron chi connectivity index (χ1n) is 6.32. The Morgan fingerprint density at radius 1 is 1.55 bits per heavy atom. The van der Waals surface area contributed by atoms with E-state index in [9.17, 15) is 4.79 Å². The van der Waals surface area contributed by atoms with E-state index in [0.29, 0.717) is 10.2 Å². The largest absolute Gasteiger partial charge is 0.462 e. The molecule has 0 aliphatic rings. The Bertz CT molecular complexity index is 630. The van der Waals surface area contributed by atoms with Crippen LogP contribution < -0.4 is 0 Å². The highest BCUT2D eigenvalue weighted by Crippen LogP contribution is 2.18. The van der Waals surface area contributed by atoms with Gasteiger partial charge < -0.3 is 9.30 Å². The van der Waals surface area contributed by atoms with E-state index >= 15 is 0 Å². The van der Waals surface area contributed by atoms with Crippen LogP contribution in [0.2, 0.25) is 0 Å². The first-order valence-corrected chi connectivity index (χ1v) is 6.73. The summed E-state index contributed by atoms with van der Waals surface area (Å²) in [5.41, 5.74) is 0.434. The van der Waals surface area contributed by atoms with Crippen LogP contribution in [0, 0.1) is 16.0 Å². The summed E-state index contributed by atoms with van der Waals surface area (Å²) in [6.45, 7) is 8.03. The van der Waals surface area contributed by atoms with Crippen molar-refractivity contribution in [2.45, 2.75) is 33.2 Å². The number of pyridine rings is 1. The molecule has 5 heteroatoms. The fraction of sp³-hybridized carbons (Fsp3) is 0.400. The third-order valence-electron chi connectivity index (χ3n) is 2.62. The second-order valence-corrected chi connectivity index (χ2v) is 5.59. The van der Waals surface area contributed by atoms with E-state index < -0.39 is 5.97 Å². The molecule has 0 N–H and O–H groups in total. The molecule has 1 heterocycles. The van der Waals surface area contributed by atoms with Crippen LogP contribution in [0.3, 0.4) is 0 Å².